The number of carboxylic acid groups (broad SMARTS) is 1. The standard InChI is InChI=1S/C14H14BrN3O2/c15-10-1-2-12-11(7-10)13(17-8-16-12)18-5-3-9(4-6-18)14(19)20/h1-2,7-9H,3-6H2,(H,19,20)/p-1. The maximum absolute atomic E-state index is 10.9. The molecule has 1 aliphatic heterocycles. The Kier molecular flexibility index (Phi) is 3.56. The molecule has 1 aliphatic rings. The molecule has 0 N–H and O–H groups in total. The lowest BCUT2D eigenvalue weighted by Gasteiger charge is -2.33. The zero-order valence-corrected chi connectivity index (χ0v) is 12.3. The first-order chi connectivity index (χ1) is 9.65. The molecule has 20 heavy (non-hydrogen) atoms. The van der Waals surface area contributed by atoms with Crippen LogP contribution in [0, 0.1) is 5.92 Å². The topological polar surface area (TPSA) is 69.2 Å². The number of anilines is 1. The fraction of sp³-hybridized carbons (Fsp3) is 0.357. The number of piperidine rings is 1. The maximum Gasteiger partial charge on any atom is 0.139 e. The maximum atomic E-state index is 10.9. The van der Waals surface area contributed by atoms with E-state index in [4.69, 9.17) is 0 Å². The fourth-order valence-electron chi connectivity index (χ4n) is 2.59. The van der Waals surface area contributed by atoms with E-state index in [-0.39, 0.29) is 5.92 Å². The van der Waals surface area contributed by atoms with Crippen LogP contribution in [0.3, 0.4) is 0 Å². The largest absolute Gasteiger partial charge is 0.550 e. The van der Waals surface area contributed by atoms with Gasteiger partial charge in [0, 0.05) is 34.8 Å². The number of aromatic nitrogens is 2. The van der Waals surface area contributed by atoms with Crippen LogP contribution >= 0.6 is 15.9 Å². The molecule has 0 spiro atoms. The minimum Gasteiger partial charge on any atom is -0.550 e. The highest BCUT2D eigenvalue weighted by Gasteiger charge is 2.22. The van der Waals surface area contributed by atoms with Crippen LogP contribution in [0.2, 0.25) is 0 Å². The van der Waals surface area contributed by atoms with Gasteiger partial charge in [-0.05, 0) is 31.0 Å². The quantitative estimate of drug-likeness (QED) is 0.829. The van der Waals surface area contributed by atoms with Crippen molar-refractivity contribution in [3.8, 4) is 0 Å². The summed E-state index contributed by atoms with van der Waals surface area (Å²) in [6, 6.07) is 5.88. The van der Waals surface area contributed by atoms with Gasteiger partial charge in [0.2, 0.25) is 0 Å². The third-order valence-corrected chi connectivity index (χ3v) is 4.20. The van der Waals surface area contributed by atoms with Gasteiger partial charge >= 0.3 is 0 Å². The molecule has 6 heteroatoms. The highest BCUT2D eigenvalue weighted by molar-refractivity contribution is 9.10. The Morgan fingerprint density at radius 2 is 2.05 bits per heavy atom. The van der Waals surface area contributed by atoms with Crippen LogP contribution in [0.15, 0.2) is 29.0 Å². The smallest absolute Gasteiger partial charge is 0.139 e. The van der Waals surface area contributed by atoms with Crippen LogP contribution < -0.4 is 10.0 Å². The van der Waals surface area contributed by atoms with Gasteiger partial charge in [-0.2, -0.15) is 0 Å². The normalized spacial score (nSPS) is 16.6. The third kappa shape index (κ3) is 2.47. The summed E-state index contributed by atoms with van der Waals surface area (Å²) in [7, 11) is 0. The molecule has 1 aromatic heterocycles. The number of carboxylic acids is 1. The summed E-state index contributed by atoms with van der Waals surface area (Å²) in [6.07, 6.45) is 2.75. The highest BCUT2D eigenvalue weighted by atomic mass is 79.9. The molecule has 1 fully saturated rings. The predicted molar refractivity (Wildman–Crippen MR) is 77.2 cm³/mol. The third-order valence-electron chi connectivity index (χ3n) is 3.70. The van der Waals surface area contributed by atoms with Crippen molar-refractivity contribution >= 4 is 38.6 Å². The Bertz CT molecular complexity index is 654. The lowest BCUT2D eigenvalue weighted by atomic mass is 9.97. The van der Waals surface area contributed by atoms with Gasteiger partial charge in [0.15, 0.2) is 0 Å². The Hall–Kier alpha value is -1.69. The first-order valence-electron chi connectivity index (χ1n) is 6.51. The molecule has 1 aromatic carbocycles. The van der Waals surface area contributed by atoms with Crippen molar-refractivity contribution < 1.29 is 9.90 Å². The van der Waals surface area contributed by atoms with E-state index in [9.17, 15) is 9.90 Å². The summed E-state index contributed by atoms with van der Waals surface area (Å²) < 4.78 is 0.977. The molecule has 1 saturated heterocycles. The van der Waals surface area contributed by atoms with Gasteiger partial charge in [-0.25, -0.2) is 9.97 Å². The fourth-order valence-corrected chi connectivity index (χ4v) is 2.96. The van der Waals surface area contributed by atoms with E-state index in [1.807, 2.05) is 18.2 Å². The van der Waals surface area contributed by atoms with E-state index in [0.29, 0.717) is 25.9 Å². The molecule has 0 aliphatic carbocycles. The molecule has 5 nitrogen and oxygen atoms in total. The monoisotopic (exact) mass is 334 g/mol. The number of halogens is 1. The van der Waals surface area contributed by atoms with E-state index in [1.165, 1.54) is 0 Å². The zero-order chi connectivity index (χ0) is 14.1. The second-order valence-corrected chi connectivity index (χ2v) is 5.85. The summed E-state index contributed by atoms with van der Waals surface area (Å²) in [5.74, 6) is -0.417. The molecule has 104 valence electrons. The molecule has 3 rings (SSSR count). The zero-order valence-electron chi connectivity index (χ0n) is 10.8. The van der Waals surface area contributed by atoms with Crippen molar-refractivity contribution in [3.63, 3.8) is 0 Å². The molecule has 0 amide bonds. The summed E-state index contributed by atoms with van der Waals surface area (Å²) >= 11 is 3.46. The molecule has 0 bridgehead atoms. The number of benzene rings is 1. The Labute approximate surface area is 124 Å². The van der Waals surface area contributed by atoms with Crippen molar-refractivity contribution in [2.45, 2.75) is 12.8 Å². The number of nitrogens with zero attached hydrogens (tertiary/aromatic N) is 3. The van der Waals surface area contributed by atoms with Crippen molar-refractivity contribution in [2.24, 2.45) is 5.92 Å². The number of carbonyl (C=O) groups excluding carboxylic acids is 1. The molecule has 0 atom stereocenters. The van der Waals surface area contributed by atoms with Crippen LogP contribution in [0.25, 0.3) is 10.9 Å². The van der Waals surface area contributed by atoms with Crippen LogP contribution in [0.1, 0.15) is 12.8 Å². The van der Waals surface area contributed by atoms with E-state index in [1.54, 1.807) is 6.33 Å². The van der Waals surface area contributed by atoms with Gasteiger partial charge < -0.3 is 14.8 Å². The molecule has 0 radical (unpaired) electrons. The van der Waals surface area contributed by atoms with Crippen molar-refractivity contribution in [2.75, 3.05) is 18.0 Å². The molecule has 0 unspecified atom stereocenters. The van der Waals surface area contributed by atoms with Crippen LogP contribution in [-0.2, 0) is 4.79 Å². The molecular weight excluding hydrogens is 322 g/mol. The second-order valence-electron chi connectivity index (χ2n) is 4.94. The number of rotatable bonds is 2. The second kappa shape index (κ2) is 5.36. The molecular formula is C14H13BrN3O2-. The first-order valence-corrected chi connectivity index (χ1v) is 7.30. The average Bonchev–Trinajstić information content (AvgIpc) is 2.46. The number of aliphatic carboxylic acids is 1. The van der Waals surface area contributed by atoms with Crippen molar-refractivity contribution in [1.29, 1.82) is 0 Å². The minimum absolute atomic E-state index is 0.342. The van der Waals surface area contributed by atoms with Crippen LogP contribution in [-0.4, -0.2) is 29.0 Å². The van der Waals surface area contributed by atoms with Crippen LogP contribution in [0.4, 0.5) is 5.82 Å². The summed E-state index contributed by atoms with van der Waals surface area (Å²) in [5.41, 5.74) is 0.889. The average molecular weight is 335 g/mol. The first kappa shape index (κ1) is 13.3. The Balaban J connectivity index is 1.91. The molecule has 2 aromatic rings. The van der Waals surface area contributed by atoms with E-state index < -0.39 is 5.97 Å². The highest BCUT2D eigenvalue weighted by Crippen LogP contribution is 2.29. The SMILES string of the molecule is O=C([O-])C1CCN(c2ncnc3ccc(Br)cc23)CC1. The van der Waals surface area contributed by atoms with E-state index >= 15 is 0 Å². The molecule has 2 heterocycles. The van der Waals surface area contributed by atoms with Gasteiger partial charge in [0.25, 0.3) is 0 Å². The number of fused-ring (bicyclic) bond motifs is 1. The van der Waals surface area contributed by atoms with Crippen LogP contribution in [0.5, 0.6) is 0 Å². The molecule has 0 saturated carbocycles. The van der Waals surface area contributed by atoms with E-state index in [0.717, 1.165) is 21.2 Å². The van der Waals surface area contributed by atoms with Crippen molar-refractivity contribution in [3.05, 3.63) is 29.0 Å². The summed E-state index contributed by atoms with van der Waals surface area (Å²) in [4.78, 5) is 21.6. The lowest BCUT2D eigenvalue weighted by molar-refractivity contribution is -0.312. The van der Waals surface area contributed by atoms with Gasteiger partial charge in [0.1, 0.15) is 12.1 Å². The summed E-state index contributed by atoms with van der Waals surface area (Å²) in [6.45, 7) is 1.36. The lowest BCUT2D eigenvalue weighted by Crippen LogP contribution is -2.41. The Morgan fingerprint density at radius 1 is 1.30 bits per heavy atom. The van der Waals surface area contributed by atoms with Crippen molar-refractivity contribution in [1.82, 2.24) is 9.97 Å². The number of hydrogen-bond acceptors (Lipinski definition) is 5. The van der Waals surface area contributed by atoms with Gasteiger partial charge in [-0.1, -0.05) is 15.9 Å². The van der Waals surface area contributed by atoms with Gasteiger partial charge in [0.05, 0.1) is 5.52 Å². The number of hydrogen-bond donors (Lipinski definition) is 0. The Morgan fingerprint density at radius 3 is 2.75 bits per heavy atom. The predicted octanol–water partition coefficient (Wildman–Crippen LogP) is 1.36. The summed E-state index contributed by atoms with van der Waals surface area (Å²) in [5, 5.41) is 11.9. The number of carbonyl (C=O) groups is 1. The van der Waals surface area contributed by atoms with E-state index in [2.05, 4.69) is 30.8 Å². The minimum atomic E-state index is -0.944. The van der Waals surface area contributed by atoms with Gasteiger partial charge in [-0.15, -0.1) is 0 Å². The van der Waals surface area contributed by atoms with Gasteiger partial charge in [-0.3, -0.25) is 0 Å².